The summed E-state index contributed by atoms with van der Waals surface area (Å²) in [6.45, 7) is 5.24. The van der Waals surface area contributed by atoms with Crippen LogP contribution in [0.25, 0.3) is 0 Å². The van der Waals surface area contributed by atoms with Gasteiger partial charge in [-0.05, 0) is 75.9 Å². The highest BCUT2D eigenvalue weighted by molar-refractivity contribution is 5.77. The summed E-state index contributed by atoms with van der Waals surface area (Å²) < 4.78 is 5.99. The number of hydrogen-bond donors (Lipinski definition) is 1. The highest BCUT2D eigenvalue weighted by atomic mass is 16.5. The first kappa shape index (κ1) is 20.2. The summed E-state index contributed by atoms with van der Waals surface area (Å²) >= 11 is 0. The molecule has 0 spiro atoms. The van der Waals surface area contributed by atoms with Gasteiger partial charge in [0.25, 0.3) is 0 Å². The lowest BCUT2D eigenvalue weighted by Crippen LogP contribution is -2.41. The summed E-state index contributed by atoms with van der Waals surface area (Å²) in [4.78, 5) is 16.8. The van der Waals surface area contributed by atoms with E-state index in [0.717, 1.165) is 37.7 Å². The van der Waals surface area contributed by atoms with Crippen LogP contribution in [0.4, 0.5) is 0 Å². The number of piperidine rings is 1. The van der Waals surface area contributed by atoms with E-state index in [2.05, 4.69) is 33.3 Å². The summed E-state index contributed by atoms with van der Waals surface area (Å²) in [6, 6.07) is 9.27. The molecule has 1 aromatic carbocycles. The van der Waals surface area contributed by atoms with Crippen molar-refractivity contribution >= 4 is 5.91 Å². The Balaban J connectivity index is 1.67. The van der Waals surface area contributed by atoms with E-state index in [1.165, 1.54) is 50.8 Å². The van der Waals surface area contributed by atoms with Crippen molar-refractivity contribution in [1.29, 1.82) is 0 Å². The average Bonchev–Trinajstić information content (AvgIpc) is 2.70. The van der Waals surface area contributed by atoms with Crippen LogP contribution in [0.2, 0.25) is 0 Å². The summed E-state index contributed by atoms with van der Waals surface area (Å²) in [5.74, 6) is 1.02. The molecular formula is C22H35N3O2. The van der Waals surface area contributed by atoms with Crippen molar-refractivity contribution in [3.8, 4) is 5.75 Å². The van der Waals surface area contributed by atoms with E-state index in [-0.39, 0.29) is 5.91 Å². The molecule has 2 heterocycles. The number of benzene rings is 1. The van der Waals surface area contributed by atoms with Crippen molar-refractivity contribution < 1.29 is 9.53 Å². The second-order valence-electron chi connectivity index (χ2n) is 7.88. The lowest BCUT2D eigenvalue weighted by molar-refractivity contribution is -0.121. The zero-order valence-electron chi connectivity index (χ0n) is 16.8. The number of carbonyl (C=O) groups excluding carboxylic acids is 1. The molecule has 1 amide bonds. The minimum atomic E-state index is 0.0750. The lowest BCUT2D eigenvalue weighted by atomic mass is 9.95. The van der Waals surface area contributed by atoms with Crippen molar-refractivity contribution in [1.82, 2.24) is 15.1 Å². The third kappa shape index (κ3) is 6.51. The van der Waals surface area contributed by atoms with Crippen LogP contribution in [0.3, 0.4) is 0 Å². The van der Waals surface area contributed by atoms with E-state index in [1.54, 1.807) is 7.05 Å². The molecule has 2 bridgehead atoms. The average molecular weight is 374 g/mol. The summed E-state index contributed by atoms with van der Waals surface area (Å²) in [7, 11) is 1.70. The first-order valence-electron chi connectivity index (χ1n) is 10.6. The van der Waals surface area contributed by atoms with Gasteiger partial charge in [-0.2, -0.15) is 0 Å². The molecule has 1 unspecified atom stereocenters. The number of nitrogens with one attached hydrogen (secondary N) is 1. The van der Waals surface area contributed by atoms with E-state index in [9.17, 15) is 4.79 Å². The number of fused-ring (bicyclic) bond motifs is 3. The minimum Gasteiger partial charge on any atom is -0.492 e. The zero-order valence-corrected chi connectivity index (χ0v) is 16.8. The maximum absolute atomic E-state index is 11.8. The van der Waals surface area contributed by atoms with Crippen LogP contribution in [0.15, 0.2) is 24.3 Å². The molecule has 27 heavy (non-hydrogen) atoms. The van der Waals surface area contributed by atoms with Crippen LogP contribution in [-0.4, -0.2) is 68.1 Å². The van der Waals surface area contributed by atoms with Gasteiger partial charge in [-0.3, -0.25) is 9.69 Å². The van der Waals surface area contributed by atoms with Crippen molar-refractivity contribution in [3.63, 3.8) is 0 Å². The SMILES string of the molecule is CNC(=O)CN1CCCCN2CCCCC2CCc2cccc(c2)OCC1. The molecule has 3 rings (SSSR count). The van der Waals surface area contributed by atoms with Crippen LogP contribution >= 0.6 is 0 Å². The monoisotopic (exact) mass is 373 g/mol. The fourth-order valence-corrected chi connectivity index (χ4v) is 4.30. The highest BCUT2D eigenvalue weighted by Gasteiger charge is 2.22. The molecule has 150 valence electrons. The maximum atomic E-state index is 11.8. The number of rotatable bonds is 2. The van der Waals surface area contributed by atoms with Gasteiger partial charge in [0.15, 0.2) is 0 Å². The molecule has 1 aromatic rings. The van der Waals surface area contributed by atoms with Gasteiger partial charge in [-0.15, -0.1) is 0 Å². The van der Waals surface area contributed by atoms with Crippen LogP contribution < -0.4 is 10.1 Å². The van der Waals surface area contributed by atoms with E-state index in [0.29, 0.717) is 13.2 Å². The standard InChI is InChI=1S/C22H35N3O2/c1-23-22(26)18-24-12-4-5-14-25-13-3-2-8-20(25)11-10-19-7-6-9-21(17-19)27-16-15-24/h6-7,9,17,20H,2-5,8,10-16,18H2,1H3,(H,23,26). The van der Waals surface area contributed by atoms with Crippen LogP contribution in [0.5, 0.6) is 5.75 Å². The highest BCUT2D eigenvalue weighted by Crippen LogP contribution is 2.23. The van der Waals surface area contributed by atoms with Gasteiger partial charge in [0, 0.05) is 19.6 Å². The number of carbonyl (C=O) groups is 1. The molecule has 0 radical (unpaired) electrons. The summed E-state index contributed by atoms with van der Waals surface area (Å²) in [5.41, 5.74) is 1.37. The lowest BCUT2D eigenvalue weighted by Gasteiger charge is -2.36. The Morgan fingerprint density at radius 1 is 1.11 bits per heavy atom. The number of hydrogen-bond acceptors (Lipinski definition) is 4. The smallest absolute Gasteiger partial charge is 0.233 e. The van der Waals surface area contributed by atoms with Crippen molar-refractivity contribution in [2.24, 2.45) is 0 Å². The first-order chi connectivity index (χ1) is 13.2. The number of amides is 1. The van der Waals surface area contributed by atoms with Gasteiger partial charge in [-0.25, -0.2) is 0 Å². The topological polar surface area (TPSA) is 44.8 Å². The van der Waals surface area contributed by atoms with E-state index >= 15 is 0 Å². The molecule has 1 saturated heterocycles. The van der Waals surface area contributed by atoms with Gasteiger partial charge < -0.3 is 15.0 Å². The Bertz CT molecular complexity index is 593. The first-order valence-corrected chi connectivity index (χ1v) is 10.6. The molecule has 1 fully saturated rings. The van der Waals surface area contributed by atoms with Crippen LogP contribution in [-0.2, 0) is 11.2 Å². The van der Waals surface area contributed by atoms with E-state index in [1.807, 2.05) is 6.07 Å². The molecular weight excluding hydrogens is 338 g/mol. The Kier molecular flexibility index (Phi) is 7.96. The minimum absolute atomic E-state index is 0.0750. The van der Waals surface area contributed by atoms with Crippen molar-refractivity contribution in [3.05, 3.63) is 29.8 Å². The number of nitrogens with zero attached hydrogens (tertiary/aromatic N) is 2. The largest absolute Gasteiger partial charge is 0.492 e. The molecule has 5 nitrogen and oxygen atoms in total. The molecule has 5 heteroatoms. The number of ether oxygens (including phenoxy) is 1. The fourth-order valence-electron chi connectivity index (χ4n) is 4.30. The maximum Gasteiger partial charge on any atom is 0.233 e. The zero-order chi connectivity index (χ0) is 18.9. The fraction of sp³-hybridized carbons (Fsp3) is 0.682. The summed E-state index contributed by atoms with van der Waals surface area (Å²) in [6.07, 6.45) is 8.74. The quantitative estimate of drug-likeness (QED) is 0.866. The Hall–Kier alpha value is -1.59. The molecule has 1 N–H and O–H groups in total. The van der Waals surface area contributed by atoms with Gasteiger partial charge in [0.05, 0.1) is 6.54 Å². The normalized spacial score (nSPS) is 23.4. The van der Waals surface area contributed by atoms with Gasteiger partial charge in [0.1, 0.15) is 12.4 Å². The van der Waals surface area contributed by atoms with Crippen molar-refractivity contribution in [2.75, 3.05) is 46.4 Å². The molecule has 2 aliphatic heterocycles. The second kappa shape index (κ2) is 10.7. The predicted octanol–water partition coefficient (Wildman–Crippen LogP) is 2.69. The third-order valence-electron chi connectivity index (χ3n) is 5.91. The second-order valence-corrected chi connectivity index (χ2v) is 7.88. The van der Waals surface area contributed by atoms with E-state index in [4.69, 9.17) is 4.74 Å². The molecule has 0 aromatic heterocycles. The molecule has 0 saturated carbocycles. The van der Waals surface area contributed by atoms with Crippen LogP contribution in [0, 0.1) is 0 Å². The van der Waals surface area contributed by atoms with Gasteiger partial charge in [-0.1, -0.05) is 18.6 Å². The van der Waals surface area contributed by atoms with Gasteiger partial charge >= 0.3 is 0 Å². The van der Waals surface area contributed by atoms with E-state index < -0.39 is 0 Å². The summed E-state index contributed by atoms with van der Waals surface area (Å²) in [5, 5.41) is 2.74. The van der Waals surface area contributed by atoms with Crippen LogP contribution in [0.1, 0.15) is 44.1 Å². The van der Waals surface area contributed by atoms with Gasteiger partial charge in [0.2, 0.25) is 5.91 Å². The molecule has 0 aliphatic carbocycles. The predicted molar refractivity (Wildman–Crippen MR) is 109 cm³/mol. The molecule has 1 atom stereocenters. The Morgan fingerprint density at radius 2 is 1.93 bits per heavy atom. The third-order valence-corrected chi connectivity index (χ3v) is 5.91. The van der Waals surface area contributed by atoms with Crippen molar-refractivity contribution in [2.45, 2.75) is 51.0 Å². The Labute approximate surface area is 164 Å². The Morgan fingerprint density at radius 3 is 2.78 bits per heavy atom. The molecule has 2 aliphatic rings. The number of aryl methyl sites for hydroxylation is 1. The number of likely N-dealkylation sites (N-methyl/N-ethyl adjacent to an activating group) is 1.